The molecule has 0 N–H and O–H groups in total. The number of para-hydroxylation sites is 1. The predicted molar refractivity (Wildman–Crippen MR) is 235 cm³/mol. The van der Waals surface area contributed by atoms with Gasteiger partial charge < -0.3 is 9.32 Å². The molecule has 2 heterocycles. The van der Waals surface area contributed by atoms with Crippen LogP contribution in [0.25, 0.3) is 86.3 Å². The molecule has 9 aromatic carbocycles. The number of nitrogens with zero attached hydrogens (tertiary/aromatic N) is 1. The molecule has 0 aliphatic carbocycles. The minimum absolute atomic E-state index is 0.869. The molecule has 0 unspecified atom stereocenters. The van der Waals surface area contributed by atoms with Crippen molar-refractivity contribution in [3.05, 3.63) is 200 Å². The molecule has 55 heavy (non-hydrogen) atoms. The Balaban J connectivity index is 1.06. The standard InChI is InChI=1S/C52H33NOS/c1-2-20-42-34(12-1)13-10-23-43(42)38-17-9-19-40(32-38)53(41-28-29-46-45-21-3-5-26-49(45)54-50(46)33-41)39-18-8-15-36(31-39)35-14-7-16-37(30-35)44-24-11-25-48-47-22-4-6-27-51(47)55-52(44)48/h1-33H. The second-order valence-electron chi connectivity index (χ2n) is 14.1. The topological polar surface area (TPSA) is 16.4 Å². The fourth-order valence-corrected chi connectivity index (χ4v) is 9.49. The second kappa shape index (κ2) is 12.9. The van der Waals surface area contributed by atoms with E-state index in [-0.39, 0.29) is 0 Å². The summed E-state index contributed by atoms with van der Waals surface area (Å²) in [6, 6.07) is 72.2. The molecule has 3 heteroatoms. The van der Waals surface area contributed by atoms with Gasteiger partial charge in [-0.1, -0.05) is 140 Å². The number of furan rings is 1. The lowest BCUT2D eigenvalue weighted by Gasteiger charge is -2.26. The summed E-state index contributed by atoms with van der Waals surface area (Å²) in [6.07, 6.45) is 0. The largest absolute Gasteiger partial charge is 0.456 e. The first-order valence-corrected chi connectivity index (χ1v) is 19.5. The van der Waals surface area contributed by atoms with Gasteiger partial charge in [0.1, 0.15) is 11.2 Å². The molecule has 0 radical (unpaired) electrons. The summed E-state index contributed by atoms with van der Waals surface area (Å²) in [5.74, 6) is 0. The number of rotatable bonds is 6. The lowest BCUT2D eigenvalue weighted by atomic mass is 9.97. The van der Waals surface area contributed by atoms with Crippen LogP contribution in [0.5, 0.6) is 0 Å². The molecule has 0 amide bonds. The highest BCUT2D eigenvalue weighted by atomic mass is 32.1. The van der Waals surface area contributed by atoms with Crippen molar-refractivity contribution in [2.75, 3.05) is 4.90 Å². The molecule has 11 rings (SSSR count). The molecule has 258 valence electrons. The van der Waals surface area contributed by atoms with Crippen LogP contribution < -0.4 is 4.90 Å². The van der Waals surface area contributed by atoms with Crippen LogP contribution in [0.2, 0.25) is 0 Å². The summed E-state index contributed by atoms with van der Waals surface area (Å²) in [5.41, 5.74) is 12.1. The predicted octanol–water partition coefficient (Wildman–Crippen LogP) is 15.6. The minimum atomic E-state index is 0.869. The molecular weight excluding hydrogens is 687 g/mol. The SMILES string of the molecule is c1cc(-c2cccc(N(c3cccc(-c4cccc5ccccc45)c3)c3ccc4c(c3)oc3ccccc34)c2)cc(-c2cccc3c2sc2ccccc23)c1. The fourth-order valence-electron chi connectivity index (χ4n) is 8.26. The molecule has 0 saturated carbocycles. The van der Waals surface area contributed by atoms with E-state index in [9.17, 15) is 0 Å². The van der Waals surface area contributed by atoms with Crippen molar-refractivity contribution < 1.29 is 4.42 Å². The minimum Gasteiger partial charge on any atom is -0.456 e. The van der Waals surface area contributed by atoms with Crippen molar-refractivity contribution in [1.82, 2.24) is 0 Å². The van der Waals surface area contributed by atoms with E-state index in [1.54, 1.807) is 0 Å². The second-order valence-corrected chi connectivity index (χ2v) is 15.2. The van der Waals surface area contributed by atoms with Gasteiger partial charge in [0.15, 0.2) is 0 Å². The molecule has 0 spiro atoms. The molecule has 2 nitrogen and oxygen atoms in total. The van der Waals surface area contributed by atoms with Crippen LogP contribution in [0.3, 0.4) is 0 Å². The van der Waals surface area contributed by atoms with Crippen molar-refractivity contribution in [3.63, 3.8) is 0 Å². The smallest absolute Gasteiger partial charge is 0.137 e. The third-order valence-electron chi connectivity index (χ3n) is 10.8. The quantitative estimate of drug-likeness (QED) is 0.170. The van der Waals surface area contributed by atoms with Crippen molar-refractivity contribution in [1.29, 1.82) is 0 Å². The normalized spacial score (nSPS) is 11.6. The fraction of sp³-hybridized carbons (Fsp3) is 0. The van der Waals surface area contributed by atoms with Gasteiger partial charge in [-0.3, -0.25) is 0 Å². The van der Waals surface area contributed by atoms with E-state index in [1.807, 2.05) is 23.5 Å². The van der Waals surface area contributed by atoms with E-state index in [4.69, 9.17) is 4.42 Å². The number of hydrogen-bond donors (Lipinski definition) is 0. The lowest BCUT2D eigenvalue weighted by molar-refractivity contribution is 0.669. The van der Waals surface area contributed by atoms with E-state index < -0.39 is 0 Å². The number of fused-ring (bicyclic) bond motifs is 7. The highest BCUT2D eigenvalue weighted by Gasteiger charge is 2.18. The van der Waals surface area contributed by atoms with Gasteiger partial charge in [0.05, 0.1) is 0 Å². The molecule has 0 bridgehead atoms. The maximum atomic E-state index is 6.43. The van der Waals surface area contributed by atoms with Gasteiger partial charge in [0.2, 0.25) is 0 Å². The lowest BCUT2D eigenvalue weighted by Crippen LogP contribution is -2.10. The summed E-state index contributed by atoms with van der Waals surface area (Å²) >= 11 is 1.87. The summed E-state index contributed by atoms with van der Waals surface area (Å²) in [4.78, 5) is 2.35. The molecule has 2 aromatic heterocycles. The number of benzene rings is 9. The van der Waals surface area contributed by atoms with Crippen LogP contribution >= 0.6 is 11.3 Å². The number of anilines is 3. The van der Waals surface area contributed by atoms with E-state index in [0.29, 0.717) is 0 Å². The van der Waals surface area contributed by atoms with Crippen LogP contribution in [0.1, 0.15) is 0 Å². The average Bonchev–Trinajstić information content (AvgIpc) is 3.82. The van der Waals surface area contributed by atoms with Crippen LogP contribution in [0.4, 0.5) is 17.1 Å². The maximum Gasteiger partial charge on any atom is 0.137 e. The highest BCUT2D eigenvalue weighted by Crippen LogP contribution is 2.43. The zero-order chi connectivity index (χ0) is 36.3. The van der Waals surface area contributed by atoms with Gasteiger partial charge in [0.25, 0.3) is 0 Å². The maximum absolute atomic E-state index is 6.43. The van der Waals surface area contributed by atoms with Crippen molar-refractivity contribution in [2.24, 2.45) is 0 Å². The summed E-state index contributed by atoms with van der Waals surface area (Å²) in [6.45, 7) is 0. The molecule has 0 fully saturated rings. The van der Waals surface area contributed by atoms with Crippen LogP contribution in [0, 0.1) is 0 Å². The van der Waals surface area contributed by atoms with Gasteiger partial charge in [-0.25, -0.2) is 0 Å². The molecule has 0 aliphatic heterocycles. The third-order valence-corrected chi connectivity index (χ3v) is 12.1. The molecular formula is C52H33NOS. The van der Waals surface area contributed by atoms with Crippen molar-refractivity contribution >= 4 is 81.3 Å². The number of hydrogen-bond acceptors (Lipinski definition) is 3. The van der Waals surface area contributed by atoms with Gasteiger partial charge in [-0.2, -0.15) is 0 Å². The van der Waals surface area contributed by atoms with E-state index in [0.717, 1.165) is 44.6 Å². The molecule has 11 aromatic rings. The molecule has 0 saturated heterocycles. The van der Waals surface area contributed by atoms with Crippen molar-refractivity contribution in [3.8, 4) is 33.4 Å². The highest BCUT2D eigenvalue weighted by molar-refractivity contribution is 7.26. The first-order valence-electron chi connectivity index (χ1n) is 18.7. The zero-order valence-corrected chi connectivity index (χ0v) is 30.6. The Kier molecular flexibility index (Phi) is 7.39. The average molecular weight is 720 g/mol. The van der Waals surface area contributed by atoms with E-state index in [2.05, 4.69) is 193 Å². The molecule has 0 atom stereocenters. The van der Waals surface area contributed by atoms with Crippen LogP contribution in [-0.4, -0.2) is 0 Å². The van der Waals surface area contributed by atoms with Gasteiger partial charge >= 0.3 is 0 Å². The summed E-state index contributed by atoms with van der Waals surface area (Å²) < 4.78 is 9.07. The zero-order valence-electron chi connectivity index (χ0n) is 29.8. The first-order chi connectivity index (χ1) is 27.2. The Morgan fingerprint density at radius 1 is 0.345 bits per heavy atom. The Labute approximate surface area is 322 Å². The van der Waals surface area contributed by atoms with Crippen LogP contribution in [0.15, 0.2) is 205 Å². The van der Waals surface area contributed by atoms with E-state index >= 15 is 0 Å². The monoisotopic (exact) mass is 719 g/mol. The third kappa shape index (κ3) is 5.40. The Morgan fingerprint density at radius 3 is 1.78 bits per heavy atom. The first kappa shape index (κ1) is 31.6. The number of thiophene rings is 1. The Morgan fingerprint density at radius 2 is 0.909 bits per heavy atom. The van der Waals surface area contributed by atoms with Crippen molar-refractivity contribution in [2.45, 2.75) is 0 Å². The van der Waals surface area contributed by atoms with Gasteiger partial charge in [0, 0.05) is 54.1 Å². The Bertz CT molecular complexity index is 3240. The molecule has 0 aliphatic rings. The van der Waals surface area contributed by atoms with Crippen LogP contribution in [-0.2, 0) is 0 Å². The van der Waals surface area contributed by atoms with Gasteiger partial charge in [-0.15, -0.1) is 11.3 Å². The van der Waals surface area contributed by atoms with Gasteiger partial charge in [-0.05, 0) is 98.8 Å². The summed E-state index contributed by atoms with van der Waals surface area (Å²) in [5, 5.41) is 7.35. The van der Waals surface area contributed by atoms with E-state index in [1.165, 1.54) is 58.8 Å². The summed E-state index contributed by atoms with van der Waals surface area (Å²) in [7, 11) is 0. The Hall–Kier alpha value is -6.94.